The molecular weight excluding hydrogens is 325 g/mol. The second-order valence-corrected chi connectivity index (χ2v) is 6.88. The van der Waals surface area contributed by atoms with E-state index in [1.807, 2.05) is 11.0 Å². The summed E-state index contributed by atoms with van der Waals surface area (Å²) in [5.74, 6) is -1.66. The van der Waals surface area contributed by atoms with E-state index in [-0.39, 0.29) is 25.2 Å². The first-order chi connectivity index (χ1) is 10.9. The summed E-state index contributed by atoms with van der Waals surface area (Å²) in [6.45, 7) is 1.33. The van der Waals surface area contributed by atoms with Gasteiger partial charge in [-0.1, -0.05) is 0 Å². The Morgan fingerprint density at radius 1 is 1.35 bits per heavy atom. The lowest BCUT2D eigenvalue weighted by atomic mass is 10.2. The Kier molecular flexibility index (Phi) is 5.30. The zero-order valence-corrected chi connectivity index (χ0v) is 13.3. The van der Waals surface area contributed by atoms with Crippen molar-refractivity contribution in [3.63, 3.8) is 0 Å². The van der Waals surface area contributed by atoms with Crippen molar-refractivity contribution in [1.29, 1.82) is 5.26 Å². The van der Waals surface area contributed by atoms with Crippen molar-refractivity contribution in [2.75, 3.05) is 39.8 Å². The molecule has 0 aliphatic carbocycles. The van der Waals surface area contributed by atoms with E-state index in [4.69, 9.17) is 5.26 Å². The van der Waals surface area contributed by atoms with Crippen molar-refractivity contribution in [2.24, 2.45) is 0 Å². The van der Waals surface area contributed by atoms with Crippen molar-refractivity contribution in [1.82, 2.24) is 9.21 Å². The molecule has 9 heteroatoms. The van der Waals surface area contributed by atoms with Crippen LogP contribution in [0.1, 0.15) is 10.4 Å². The Balaban J connectivity index is 2.27. The monoisotopic (exact) mass is 341 g/mol. The van der Waals surface area contributed by atoms with E-state index in [0.29, 0.717) is 13.1 Å². The number of carbonyl (C=O) groups excluding carboxylic acids is 1. The van der Waals surface area contributed by atoms with Crippen LogP contribution in [0.3, 0.4) is 0 Å². The highest BCUT2D eigenvalue weighted by Crippen LogP contribution is 2.22. The third-order valence-electron chi connectivity index (χ3n) is 3.60. The van der Waals surface area contributed by atoms with Crippen LogP contribution >= 0.6 is 0 Å². The molecule has 1 aliphatic heterocycles. The van der Waals surface area contributed by atoms with Gasteiger partial charge in [0.1, 0.15) is 10.7 Å². The lowest BCUT2D eigenvalue weighted by Crippen LogP contribution is -2.48. The van der Waals surface area contributed by atoms with Crippen molar-refractivity contribution < 1.29 is 22.3 Å². The van der Waals surface area contributed by atoms with Gasteiger partial charge >= 0.3 is 5.97 Å². The summed E-state index contributed by atoms with van der Waals surface area (Å²) in [6.07, 6.45) is 0. The van der Waals surface area contributed by atoms with Crippen LogP contribution in [0.2, 0.25) is 0 Å². The number of sulfonamides is 1. The minimum absolute atomic E-state index is 0.0319. The minimum atomic E-state index is -4.05. The minimum Gasteiger partial charge on any atom is -0.465 e. The summed E-state index contributed by atoms with van der Waals surface area (Å²) in [5.41, 5.74) is -0.0319. The van der Waals surface area contributed by atoms with Gasteiger partial charge < -0.3 is 4.74 Å². The second-order valence-electron chi connectivity index (χ2n) is 4.98. The van der Waals surface area contributed by atoms with Crippen molar-refractivity contribution in [3.8, 4) is 6.07 Å². The number of hydrogen-bond acceptors (Lipinski definition) is 6. The van der Waals surface area contributed by atoms with Gasteiger partial charge in [0.15, 0.2) is 0 Å². The average Bonchev–Trinajstić information content (AvgIpc) is 2.55. The normalized spacial score (nSPS) is 16.7. The molecule has 0 saturated carbocycles. The fraction of sp³-hybridized carbons (Fsp3) is 0.429. The molecule has 0 amide bonds. The van der Waals surface area contributed by atoms with Gasteiger partial charge in [-0.3, -0.25) is 4.90 Å². The molecule has 0 unspecified atom stereocenters. The van der Waals surface area contributed by atoms with Gasteiger partial charge in [-0.25, -0.2) is 17.6 Å². The molecule has 0 atom stereocenters. The topological polar surface area (TPSA) is 90.7 Å². The summed E-state index contributed by atoms with van der Waals surface area (Å²) in [5, 5.41) is 8.65. The SMILES string of the molecule is COC(=O)c1ccc(F)c(S(=O)(=O)N2CCN(CC#N)CC2)c1. The standard InChI is InChI=1S/C14H16FN3O4S/c1-22-14(19)11-2-3-12(15)13(10-11)23(20,21)18-8-6-17(5-4-16)7-9-18/h2-3,10H,5-9H2,1H3. The molecule has 2 rings (SSSR count). The van der Waals surface area contributed by atoms with Crippen LogP contribution < -0.4 is 0 Å². The van der Waals surface area contributed by atoms with E-state index in [9.17, 15) is 17.6 Å². The van der Waals surface area contributed by atoms with Gasteiger partial charge in [0.25, 0.3) is 0 Å². The number of halogens is 1. The molecular formula is C14H16FN3O4S. The molecule has 7 nitrogen and oxygen atoms in total. The van der Waals surface area contributed by atoms with Gasteiger partial charge in [-0.2, -0.15) is 9.57 Å². The van der Waals surface area contributed by atoms with Crippen LogP contribution in [0.25, 0.3) is 0 Å². The van der Waals surface area contributed by atoms with Gasteiger partial charge in [0.2, 0.25) is 10.0 Å². The molecule has 0 spiro atoms. The smallest absolute Gasteiger partial charge is 0.337 e. The first-order valence-corrected chi connectivity index (χ1v) is 8.31. The summed E-state index contributed by atoms with van der Waals surface area (Å²) in [4.78, 5) is 12.8. The largest absolute Gasteiger partial charge is 0.465 e. The summed E-state index contributed by atoms with van der Waals surface area (Å²) < 4.78 is 44.8. The van der Waals surface area contributed by atoms with Crippen LogP contribution in [0.5, 0.6) is 0 Å². The first kappa shape index (κ1) is 17.3. The number of nitriles is 1. The highest BCUT2D eigenvalue weighted by atomic mass is 32.2. The number of piperazine rings is 1. The zero-order chi connectivity index (χ0) is 17.0. The molecule has 0 bridgehead atoms. The molecule has 1 heterocycles. The summed E-state index contributed by atoms with van der Waals surface area (Å²) >= 11 is 0. The maximum atomic E-state index is 14.0. The molecule has 0 aromatic heterocycles. The molecule has 0 N–H and O–H groups in total. The Labute approximate surface area is 133 Å². The number of rotatable bonds is 4. The predicted octanol–water partition coefficient (Wildman–Crippen LogP) is 0.442. The molecule has 124 valence electrons. The molecule has 1 aromatic rings. The second kappa shape index (κ2) is 7.04. The van der Waals surface area contributed by atoms with E-state index in [1.54, 1.807) is 0 Å². The predicted molar refractivity (Wildman–Crippen MR) is 78.6 cm³/mol. The molecule has 1 aromatic carbocycles. The Bertz CT molecular complexity index is 737. The lowest BCUT2D eigenvalue weighted by molar-refractivity contribution is 0.0600. The van der Waals surface area contributed by atoms with Crippen LogP contribution in [0, 0.1) is 17.1 Å². The van der Waals surface area contributed by atoms with Gasteiger partial charge in [-0.05, 0) is 18.2 Å². The molecule has 0 radical (unpaired) electrons. The van der Waals surface area contributed by atoms with Crippen LogP contribution in [0.15, 0.2) is 23.1 Å². The number of hydrogen-bond donors (Lipinski definition) is 0. The number of esters is 1. The van der Waals surface area contributed by atoms with Crippen molar-refractivity contribution >= 4 is 16.0 Å². The Hall–Kier alpha value is -2.02. The average molecular weight is 341 g/mol. The fourth-order valence-corrected chi connectivity index (χ4v) is 3.83. The number of benzene rings is 1. The third kappa shape index (κ3) is 3.67. The van der Waals surface area contributed by atoms with Crippen LogP contribution in [0.4, 0.5) is 4.39 Å². The summed E-state index contributed by atoms with van der Waals surface area (Å²) in [7, 11) is -2.89. The van der Waals surface area contributed by atoms with E-state index >= 15 is 0 Å². The van der Waals surface area contributed by atoms with Gasteiger partial charge in [-0.15, -0.1) is 0 Å². The van der Waals surface area contributed by atoms with Crippen LogP contribution in [-0.2, 0) is 14.8 Å². The number of carbonyl (C=O) groups is 1. The quantitative estimate of drug-likeness (QED) is 0.583. The van der Waals surface area contributed by atoms with Gasteiger partial charge in [0, 0.05) is 26.2 Å². The maximum Gasteiger partial charge on any atom is 0.337 e. The molecule has 1 aliphatic rings. The van der Waals surface area contributed by atoms with Crippen LogP contribution in [-0.4, -0.2) is 63.4 Å². The number of ether oxygens (including phenoxy) is 1. The number of nitrogens with zero attached hydrogens (tertiary/aromatic N) is 3. The highest BCUT2D eigenvalue weighted by molar-refractivity contribution is 7.89. The van der Waals surface area contributed by atoms with E-state index in [2.05, 4.69) is 4.74 Å². The van der Waals surface area contributed by atoms with Gasteiger partial charge in [0.05, 0.1) is 25.3 Å². The molecule has 1 fully saturated rings. The van der Waals surface area contributed by atoms with E-state index < -0.39 is 26.7 Å². The Morgan fingerprint density at radius 3 is 2.57 bits per heavy atom. The zero-order valence-electron chi connectivity index (χ0n) is 12.5. The molecule has 23 heavy (non-hydrogen) atoms. The van der Waals surface area contributed by atoms with E-state index in [1.165, 1.54) is 6.07 Å². The fourth-order valence-electron chi connectivity index (χ4n) is 2.31. The third-order valence-corrected chi connectivity index (χ3v) is 5.51. The summed E-state index contributed by atoms with van der Waals surface area (Å²) in [6, 6.07) is 5.10. The van der Waals surface area contributed by atoms with Crippen molar-refractivity contribution in [3.05, 3.63) is 29.6 Å². The van der Waals surface area contributed by atoms with E-state index in [0.717, 1.165) is 23.5 Å². The Morgan fingerprint density at radius 2 is 2.00 bits per heavy atom. The number of methoxy groups -OCH3 is 1. The maximum absolute atomic E-state index is 14.0. The first-order valence-electron chi connectivity index (χ1n) is 6.87. The van der Waals surface area contributed by atoms with Crippen molar-refractivity contribution in [2.45, 2.75) is 4.90 Å². The lowest BCUT2D eigenvalue weighted by Gasteiger charge is -2.32. The molecule has 1 saturated heterocycles. The highest BCUT2D eigenvalue weighted by Gasteiger charge is 2.31.